The molecule has 1 aromatic rings. The number of benzene rings is 1. The second kappa shape index (κ2) is 7.82. The van der Waals surface area contributed by atoms with Gasteiger partial charge in [0.15, 0.2) is 6.10 Å². The van der Waals surface area contributed by atoms with Gasteiger partial charge in [-0.15, -0.1) is 0 Å². The smallest absolute Gasteiger partial charge is 0.334 e. The van der Waals surface area contributed by atoms with Crippen molar-refractivity contribution in [3.63, 3.8) is 0 Å². The Morgan fingerprint density at radius 1 is 1.35 bits per heavy atom. The molecule has 0 saturated carbocycles. The van der Waals surface area contributed by atoms with Crippen molar-refractivity contribution >= 4 is 11.9 Å². The Kier molecular flexibility index (Phi) is 5.81. The molecule has 1 aromatic carbocycles. The molecule has 1 aliphatic heterocycles. The van der Waals surface area contributed by atoms with E-state index in [4.69, 9.17) is 19.3 Å². The van der Waals surface area contributed by atoms with E-state index in [2.05, 4.69) is 0 Å². The van der Waals surface area contributed by atoms with Gasteiger partial charge in [-0.3, -0.25) is 4.79 Å². The topological polar surface area (TPSA) is 85.3 Å². The number of carbonyl (C=O) groups is 2. The lowest BCUT2D eigenvalue weighted by Crippen LogP contribution is -2.48. The van der Waals surface area contributed by atoms with Crippen molar-refractivity contribution in [2.24, 2.45) is 0 Å². The van der Waals surface area contributed by atoms with E-state index < -0.39 is 12.1 Å². The van der Waals surface area contributed by atoms with Crippen LogP contribution in [0.2, 0.25) is 0 Å². The van der Waals surface area contributed by atoms with Crippen molar-refractivity contribution in [2.45, 2.75) is 18.9 Å². The fourth-order valence-corrected chi connectivity index (χ4v) is 2.50. The lowest BCUT2D eigenvalue weighted by atomic mass is 10.1. The molecule has 2 rings (SSSR count). The summed E-state index contributed by atoms with van der Waals surface area (Å²) in [5.74, 6) is 0.260. The van der Waals surface area contributed by atoms with Crippen LogP contribution in [0.3, 0.4) is 0 Å². The summed E-state index contributed by atoms with van der Waals surface area (Å²) in [4.78, 5) is 24.8. The Morgan fingerprint density at radius 3 is 2.78 bits per heavy atom. The number of hydrogen-bond donors (Lipinski definition) is 1. The number of methoxy groups -OCH3 is 2. The summed E-state index contributed by atoms with van der Waals surface area (Å²) in [6.07, 6.45) is -0.177. The summed E-state index contributed by atoms with van der Waals surface area (Å²) < 4.78 is 15.6. The molecule has 0 spiro atoms. The minimum atomic E-state index is -1.04. The Balaban J connectivity index is 1.97. The lowest BCUT2D eigenvalue weighted by Gasteiger charge is -2.31. The molecule has 1 fully saturated rings. The van der Waals surface area contributed by atoms with Crippen LogP contribution in [0.25, 0.3) is 0 Å². The predicted octanol–water partition coefficient (Wildman–Crippen LogP) is 0.948. The van der Waals surface area contributed by atoms with Gasteiger partial charge in [0.2, 0.25) is 5.91 Å². The lowest BCUT2D eigenvalue weighted by molar-refractivity contribution is -0.159. The molecule has 1 amide bonds. The van der Waals surface area contributed by atoms with Gasteiger partial charge in [0.25, 0.3) is 0 Å². The predicted molar refractivity (Wildman–Crippen MR) is 81.8 cm³/mol. The van der Waals surface area contributed by atoms with Gasteiger partial charge < -0.3 is 24.2 Å². The van der Waals surface area contributed by atoms with E-state index in [1.807, 2.05) is 6.07 Å². The number of aryl methyl sites for hydroxylation is 1. The summed E-state index contributed by atoms with van der Waals surface area (Å²) in [7, 11) is 3.16. The third-order valence-corrected chi connectivity index (χ3v) is 3.79. The maximum atomic E-state index is 12.3. The molecule has 0 bridgehead atoms. The summed E-state index contributed by atoms with van der Waals surface area (Å²) in [5.41, 5.74) is 0.878. The first-order chi connectivity index (χ1) is 11.0. The highest BCUT2D eigenvalue weighted by Crippen LogP contribution is 2.25. The molecule has 1 heterocycles. The van der Waals surface area contributed by atoms with Crippen molar-refractivity contribution in [3.8, 4) is 11.5 Å². The molecular formula is C16H21NO6. The molecule has 1 saturated heterocycles. The first-order valence-electron chi connectivity index (χ1n) is 7.38. The van der Waals surface area contributed by atoms with Crippen LogP contribution < -0.4 is 9.47 Å². The quantitative estimate of drug-likeness (QED) is 0.839. The Bertz CT molecular complexity index is 574. The summed E-state index contributed by atoms with van der Waals surface area (Å²) in [6, 6.07) is 5.43. The van der Waals surface area contributed by atoms with E-state index in [1.54, 1.807) is 26.4 Å². The Labute approximate surface area is 134 Å². The van der Waals surface area contributed by atoms with Crippen LogP contribution in [0.1, 0.15) is 12.0 Å². The van der Waals surface area contributed by atoms with Gasteiger partial charge in [-0.25, -0.2) is 4.79 Å². The largest absolute Gasteiger partial charge is 0.497 e. The van der Waals surface area contributed by atoms with Gasteiger partial charge in [-0.2, -0.15) is 0 Å². The zero-order valence-electron chi connectivity index (χ0n) is 13.3. The number of amides is 1. The average Bonchev–Trinajstić information content (AvgIpc) is 2.59. The molecule has 7 nitrogen and oxygen atoms in total. The minimum Gasteiger partial charge on any atom is -0.497 e. The molecule has 0 aromatic heterocycles. The zero-order chi connectivity index (χ0) is 16.8. The van der Waals surface area contributed by atoms with Crippen LogP contribution in [0, 0.1) is 0 Å². The van der Waals surface area contributed by atoms with E-state index >= 15 is 0 Å². The maximum Gasteiger partial charge on any atom is 0.334 e. The average molecular weight is 323 g/mol. The number of carboxylic acids is 1. The van der Waals surface area contributed by atoms with Crippen molar-refractivity contribution in [2.75, 3.05) is 33.9 Å². The molecule has 7 heteroatoms. The number of carbonyl (C=O) groups excluding carboxylic acids is 1. The molecule has 1 unspecified atom stereocenters. The van der Waals surface area contributed by atoms with Crippen LogP contribution in [0.15, 0.2) is 18.2 Å². The highest BCUT2D eigenvalue weighted by molar-refractivity contribution is 5.79. The Hall–Kier alpha value is -2.28. The van der Waals surface area contributed by atoms with Gasteiger partial charge in [0.1, 0.15) is 11.5 Å². The minimum absolute atomic E-state index is 0.0867. The van der Waals surface area contributed by atoms with Crippen molar-refractivity contribution < 1.29 is 28.9 Å². The molecule has 126 valence electrons. The second-order valence-electron chi connectivity index (χ2n) is 5.22. The molecule has 23 heavy (non-hydrogen) atoms. The molecule has 0 aliphatic carbocycles. The van der Waals surface area contributed by atoms with Crippen molar-refractivity contribution in [3.05, 3.63) is 23.8 Å². The van der Waals surface area contributed by atoms with E-state index in [0.29, 0.717) is 24.5 Å². The fourth-order valence-electron chi connectivity index (χ4n) is 2.50. The van der Waals surface area contributed by atoms with Gasteiger partial charge in [-0.1, -0.05) is 0 Å². The van der Waals surface area contributed by atoms with Gasteiger partial charge in [-0.05, 0) is 30.2 Å². The van der Waals surface area contributed by atoms with Crippen LogP contribution in [0.4, 0.5) is 0 Å². The number of morpholine rings is 1. The van der Waals surface area contributed by atoms with Gasteiger partial charge >= 0.3 is 5.97 Å². The number of rotatable bonds is 6. The van der Waals surface area contributed by atoms with E-state index in [-0.39, 0.29) is 25.5 Å². The number of hydrogen-bond acceptors (Lipinski definition) is 5. The third-order valence-electron chi connectivity index (χ3n) is 3.79. The van der Waals surface area contributed by atoms with E-state index in [1.165, 1.54) is 4.90 Å². The maximum absolute atomic E-state index is 12.3. The van der Waals surface area contributed by atoms with E-state index in [0.717, 1.165) is 5.56 Å². The Morgan fingerprint density at radius 2 is 2.13 bits per heavy atom. The standard InChI is InChI=1S/C16H21NO6/c1-21-12-4-5-13(22-2)11(9-12)3-6-15(18)17-7-8-23-14(10-17)16(19)20/h4-5,9,14H,3,6-8,10H2,1-2H3,(H,19,20). The number of nitrogens with zero attached hydrogens (tertiary/aromatic N) is 1. The van der Waals surface area contributed by atoms with Crippen LogP contribution in [-0.4, -0.2) is 61.9 Å². The highest BCUT2D eigenvalue weighted by atomic mass is 16.5. The fraction of sp³-hybridized carbons (Fsp3) is 0.500. The van der Waals surface area contributed by atoms with Crippen LogP contribution in [-0.2, 0) is 20.7 Å². The number of ether oxygens (including phenoxy) is 3. The summed E-state index contributed by atoms with van der Waals surface area (Å²) in [6.45, 7) is 0.743. The second-order valence-corrected chi connectivity index (χ2v) is 5.22. The SMILES string of the molecule is COc1ccc(OC)c(CCC(=O)N2CCOC(C(=O)O)C2)c1. The van der Waals surface area contributed by atoms with Crippen molar-refractivity contribution in [1.82, 2.24) is 4.90 Å². The first kappa shape index (κ1) is 17.1. The molecule has 1 atom stereocenters. The molecule has 0 radical (unpaired) electrons. The zero-order valence-corrected chi connectivity index (χ0v) is 13.3. The first-order valence-corrected chi connectivity index (χ1v) is 7.38. The highest BCUT2D eigenvalue weighted by Gasteiger charge is 2.28. The molecule has 1 aliphatic rings. The normalized spacial score (nSPS) is 17.7. The number of carboxylic acid groups (broad SMARTS) is 1. The molecular weight excluding hydrogens is 302 g/mol. The monoisotopic (exact) mass is 323 g/mol. The summed E-state index contributed by atoms with van der Waals surface area (Å²) in [5, 5.41) is 8.98. The number of aliphatic carboxylic acids is 1. The van der Waals surface area contributed by atoms with Crippen LogP contribution in [0.5, 0.6) is 11.5 Å². The van der Waals surface area contributed by atoms with Crippen molar-refractivity contribution in [1.29, 1.82) is 0 Å². The third kappa shape index (κ3) is 4.35. The summed E-state index contributed by atoms with van der Waals surface area (Å²) >= 11 is 0. The molecule has 1 N–H and O–H groups in total. The van der Waals surface area contributed by atoms with Gasteiger partial charge in [0.05, 0.1) is 27.4 Å². The van der Waals surface area contributed by atoms with Gasteiger partial charge in [0, 0.05) is 13.0 Å². The van der Waals surface area contributed by atoms with Crippen LogP contribution >= 0.6 is 0 Å². The van der Waals surface area contributed by atoms with E-state index in [9.17, 15) is 9.59 Å².